The number of nitrogens with zero attached hydrogens (tertiary/aromatic N) is 3. The summed E-state index contributed by atoms with van der Waals surface area (Å²) in [5.74, 6) is -0.157. The molecule has 2 aromatic heterocycles. The lowest BCUT2D eigenvalue weighted by Gasteiger charge is -2.03. The van der Waals surface area contributed by atoms with Gasteiger partial charge < -0.3 is 5.32 Å². The van der Waals surface area contributed by atoms with Crippen LogP contribution in [0.1, 0.15) is 28.1 Å². The Kier molecular flexibility index (Phi) is 4.45. The molecule has 23 heavy (non-hydrogen) atoms. The van der Waals surface area contributed by atoms with Gasteiger partial charge in [0, 0.05) is 4.88 Å². The maximum atomic E-state index is 12.1. The van der Waals surface area contributed by atoms with Crippen molar-refractivity contribution in [2.75, 3.05) is 11.1 Å². The number of fused-ring (bicyclic) bond motifs is 1. The number of aryl methyl sites for hydroxylation is 2. The van der Waals surface area contributed by atoms with Gasteiger partial charge in [-0.25, -0.2) is 0 Å². The molecule has 2 heterocycles. The lowest BCUT2D eigenvalue weighted by Crippen LogP contribution is -2.17. The molecule has 1 aliphatic carbocycles. The molecular formula is C14H13N5O2S2. The summed E-state index contributed by atoms with van der Waals surface area (Å²) in [5.41, 5.74) is 1.63. The van der Waals surface area contributed by atoms with Crippen molar-refractivity contribution in [3.05, 3.63) is 32.1 Å². The maximum absolute atomic E-state index is 12.1. The van der Waals surface area contributed by atoms with Crippen LogP contribution in [0.4, 0.5) is 5.00 Å². The molecule has 0 saturated carbocycles. The normalized spacial score (nSPS) is 12.7. The van der Waals surface area contributed by atoms with Crippen molar-refractivity contribution in [2.24, 2.45) is 0 Å². The first kappa shape index (κ1) is 15.7. The number of carbonyl (C=O) groups is 1. The van der Waals surface area contributed by atoms with Crippen LogP contribution in [0.3, 0.4) is 0 Å². The monoisotopic (exact) mass is 347 g/mol. The van der Waals surface area contributed by atoms with E-state index in [1.54, 1.807) is 6.92 Å². The zero-order valence-corrected chi connectivity index (χ0v) is 13.9. The van der Waals surface area contributed by atoms with E-state index in [2.05, 4.69) is 26.6 Å². The highest BCUT2D eigenvalue weighted by Crippen LogP contribution is 2.38. The SMILES string of the molecule is Cc1nnc(SCC(=O)Nc2sc3c(c2C#N)CCC3)[nH]c1=O. The Morgan fingerprint density at radius 3 is 3.04 bits per heavy atom. The number of amides is 1. The summed E-state index contributed by atoms with van der Waals surface area (Å²) < 4.78 is 0. The van der Waals surface area contributed by atoms with Crippen LogP contribution >= 0.6 is 23.1 Å². The minimum Gasteiger partial charge on any atom is -0.316 e. The van der Waals surface area contributed by atoms with Crippen molar-refractivity contribution in [3.8, 4) is 6.07 Å². The van der Waals surface area contributed by atoms with E-state index in [4.69, 9.17) is 0 Å². The van der Waals surface area contributed by atoms with E-state index in [9.17, 15) is 14.9 Å². The molecule has 0 fully saturated rings. The molecule has 1 aliphatic rings. The molecule has 7 nitrogen and oxygen atoms in total. The van der Waals surface area contributed by atoms with Gasteiger partial charge in [-0.1, -0.05) is 11.8 Å². The van der Waals surface area contributed by atoms with Crippen LogP contribution in [-0.4, -0.2) is 26.8 Å². The van der Waals surface area contributed by atoms with Gasteiger partial charge in [0.05, 0.1) is 11.3 Å². The Balaban J connectivity index is 1.65. The standard InChI is InChI=1S/C14H13N5O2S2/c1-7-12(21)17-14(19-18-7)22-6-11(20)16-13-9(5-15)8-3-2-4-10(8)23-13/h2-4,6H2,1H3,(H,16,20)(H,17,19,21). The number of H-pyrrole nitrogens is 1. The van der Waals surface area contributed by atoms with Crippen molar-refractivity contribution in [1.82, 2.24) is 15.2 Å². The molecule has 0 saturated heterocycles. The van der Waals surface area contributed by atoms with Crippen LogP contribution in [-0.2, 0) is 17.6 Å². The molecule has 0 aliphatic heterocycles. The van der Waals surface area contributed by atoms with Gasteiger partial charge in [-0.2, -0.15) is 5.26 Å². The summed E-state index contributed by atoms with van der Waals surface area (Å²) in [5, 5.41) is 20.5. The third-order valence-electron chi connectivity index (χ3n) is 3.47. The van der Waals surface area contributed by atoms with Crippen LogP contribution in [0, 0.1) is 18.3 Å². The van der Waals surface area contributed by atoms with Crippen molar-refractivity contribution in [3.63, 3.8) is 0 Å². The fourth-order valence-electron chi connectivity index (χ4n) is 2.35. The zero-order chi connectivity index (χ0) is 16.4. The van der Waals surface area contributed by atoms with Crippen LogP contribution in [0.25, 0.3) is 0 Å². The largest absolute Gasteiger partial charge is 0.316 e. The second-order valence-electron chi connectivity index (χ2n) is 5.05. The molecule has 0 bridgehead atoms. The Morgan fingerprint density at radius 2 is 2.30 bits per heavy atom. The van der Waals surface area contributed by atoms with Gasteiger partial charge >= 0.3 is 0 Å². The summed E-state index contributed by atoms with van der Waals surface area (Å²) in [6.07, 6.45) is 2.94. The molecule has 2 aromatic rings. The molecule has 0 spiro atoms. The predicted octanol–water partition coefficient (Wildman–Crippen LogP) is 1.63. The van der Waals surface area contributed by atoms with Gasteiger partial charge in [0.15, 0.2) is 5.16 Å². The van der Waals surface area contributed by atoms with Gasteiger partial charge in [-0.15, -0.1) is 21.5 Å². The number of nitrogens with one attached hydrogen (secondary N) is 2. The van der Waals surface area contributed by atoms with E-state index in [1.165, 1.54) is 16.2 Å². The van der Waals surface area contributed by atoms with Crippen molar-refractivity contribution in [1.29, 1.82) is 5.26 Å². The quantitative estimate of drug-likeness (QED) is 0.813. The van der Waals surface area contributed by atoms with E-state index in [1.807, 2.05) is 0 Å². The number of nitriles is 1. The van der Waals surface area contributed by atoms with E-state index >= 15 is 0 Å². The third kappa shape index (κ3) is 3.28. The van der Waals surface area contributed by atoms with Gasteiger partial charge in [0.25, 0.3) is 5.56 Å². The highest BCUT2D eigenvalue weighted by molar-refractivity contribution is 7.99. The number of thiophene rings is 1. The van der Waals surface area contributed by atoms with E-state index in [0.29, 0.717) is 15.7 Å². The fourth-order valence-corrected chi connectivity index (χ4v) is 4.21. The Morgan fingerprint density at radius 1 is 1.48 bits per heavy atom. The summed E-state index contributed by atoms with van der Waals surface area (Å²) >= 11 is 2.57. The molecule has 9 heteroatoms. The van der Waals surface area contributed by atoms with Crippen molar-refractivity contribution >= 4 is 34.0 Å². The molecule has 0 radical (unpaired) electrons. The first-order valence-corrected chi connectivity index (χ1v) is 8.79. The first-order chi connectivity index (χ1) is 11.1. The second-order valence-corrected chi connectivity index (χ2v) is 7.12. The highest BCUT2D eigenvalue weighted by Gasteiger charge is 2.23. The Hall–Kier alpha value is -2.18. The molecule has 2 N–H and O–H groups in total. The number of aromatic amines is 1. The molecule has 3 rings (SSSR count). The van der Waals surface area contributed by atoms with Crippen LogP contribution in [0.15, 0.2) is 9.95 Å². The molecule has 0 unspecified atom stereocenters. The zero-order valence-electron chi connectivity index (χ0n) is 12.3. The van der Waals surface area contributed by atoms with Crippen LogP contribution < -0.4 is 10.9 Å². The lowest BCUT2D eigenvalue weighted by atomic mass is 10.1. The highest BCUT2D eigenvalue weighted by atomic mass is 32.2. The number of thioether (sulfide) groups is 1. The molecule has 0 atom stereocenters. The molecule has 118 valence electrons. The Labute approximate surface area is 140 Å². The maximum Gasteiger partial charge on any atom is 0.273 e. The van der Waals surface area contributed by atoms with Crippen molar-refractivity contribution in [2.45, 2.75) is 31.3 Å². The minimum absolute atomic E-state index is 0.0844. The second kappa shape index (κ2) is 6.52. The van der Waals surface area contributed by atoms with Crippen LogP contribution in [0.5, 0.6) is 0 Å². The molecule has 1 amide bonds. The van der Waals surface area contributed by atoms with E-state index in [-0.39, 0.29) is 22.9 Å². The number of hydrogen-bond acceptors (Lipinski definition) is 7. The fraction of sp³-hybridized carbons (Fsp3) is 0.357. The van der Waals surface area contributed by atoms with Gasteiger partial charge in [-0.3, -0.25) is 14.6 Å². The summed E-state index contributed by atoms with van der Waals surface area (Å²) in [6.45, 7) is 1.56. The lowest BCUT2D eigenvalue weighted by molar-refractivity contribution is -0.113. The summed E-state index contributed by atoms with van der Waals surface area (Å²) in [4.78, 5) is 27.2. The first-order valence-electron chi connectivity index (χ1n) is 6.99. The molecule has 0 aromatic carbocycles. The average molecular weight is 347 g/mol. The minimum atomic E-state index is -0.315. The topological polar surface area (TPSA) is 112 Å². The predicted molar refractivity (Wildman–Crippen MR) is 87.8 cm³/mol. The number of aromatic nitrogens is 3. The Bertz CT molecular complexity index is 865. The number of carbonyl (C=O) groups excluding carboxylic acids is 1. The van der Waals surface area contributed by atoms with Crippen molar-refractivity contribution < 1.29 is 4.79 Å². The third-order valence-corrected chi connectivity index (χ3v) is 5.54. The number of hydrogen-bond donors (Lipinski definition) is 2. The van der Waals surface area contributed by atoms with Gasteiger partial charge in [0.1, 0.15) is 16.8 Å². The summed E-state index contributed by atoms with van der Waals surface area (Å²) in [7, 11) is 0. The smallest absolute Gasteiger partial charge is 0.273 e. The molecular weight excluding hydrogens is 334 g/mol. The van der Waals surface area contributed by atoms with E-state index in [0.717, 1.165) is 36.6 Å². The van der Waals surface area contributed by atoms with Crippen LogP contribution in [0.2, 0.25) is 0 Å². The van der Waals surface area contributed by atoms with Gasteiger partial charge in [0.2, 0.25) is 5.91 Å². The van der Waals surface area contributed by atoms with Gasteiger partial charge in [-0.05, 0) is 31.7 Å². The average Bonchev–Trinajstić information content (AvgIpc) is 3.09. The van der Waals surface area contributed by atoms with E-state index < -0.39 is 0 Å². The number of anilines is 1. The number of rotatable bonds is 4. The summed E-state index contributed by atoms with van der Waals surface area (Å²) in [6, 6.07) is 2.19.